The highest BCUT2D eigenvalue weighted by molar-refractivity contribution is 6.01. The van der Waals surface area contributed by atoms with Gasteiger partial charge in [0.2, 0.25) is 5.91 Å². The molecule has 1 aromatic heterocycles. The van der Waals surface area contributed by atoms with Crippen LogP contribution in [0.2, 0.25) is 0 Å². The Balaban J connectivity index is 1.57. The zero-order valence-electron chi connectivity index (χ0n) is 22.1. The predicted molar refractivity (Wildman–Crippen MR) is 136 cm³/mol. The van der Waals surface area contributed by atoms with Gasteiger partial charge in [-0.25, -0.2) is 14.8 Å². The molecule has 36 heavy (non-hydrogen) atoms. The van der Waals surface area contributed by atoms with Crippen molar-refractivity contribution >= 4 is 23.6 Å². The SMILES string of the molecule is COc1ccc(CN2C(=O)Cc3c2ncnc3N2C[C@@H](C)N(C(=O)OC(C)(C)C)C[C@@H]2C)c(OC)c1. The van der Waals surface area contributed by atoms with Crippen molar-refractivity contribution in [2.45, 2.75) is 65.3 Å². The molecule has 4 rings (SSSR count). The fraction of sp³-hybridized carbons (Fsp3) is 0.538. The largest absolute Gasteiger partial charge is 0.497 e. The summed E-state index contributed by atoms with van der Waals surface area (Å²) < 4.78 is 16.4. The van der Waals surface area contributed by atoms with Crippen LogP contribution in [0.25, 0.3) is 0 Å². The number of anilines is 2. The molecular weight excluding hydrogens is 462 g/mol. The lowest BCUT2D eigenvalue weighted by Crippen LogP contribution is -2.59. The van der Waals surface area contributed by atoms with E-state index in [2.05, 4.69) is 21.8 Å². The summed E-state index contributed by atoms with van der Waals surface area (Å²) >= 11 is 0. The molecule has 194 valence electrons. The molecule has 2 amide bonds. The maximum absolute atomic E-state index is 13.1. The third kappa shape index (κ3) is 5.03. The van der Waals surface area contributed by atoms with E-state index in [1.165, 1.54) is 6.33 Å². The van der Waals surface area contributed by atoms with Gasteiger partial charge in [0.1, 0.15) is 35.1 Å². The molecule has 0 bridgehead atoms. The molecule has 0 spiro atoms. The Morgan fingerprint density at radius 3 is 2.44 bits per heavy atom. The van der Waals surface area contributed by atoms with Gasteiger partial charge < -0.3 is 24.0 Å². The number of hydrogen-bond donors (Lipinski definition) is 0. The van der Waals surface area contributed by atoms with Gasteiger partial charge in [-0.1, -0.05) is 0 Å². The van der Waals surface area contributed by atoms with Crippen LogP contribution in [0.1, 0.15) is 45.7 Å². The van der Waals surface area contributed by atoms with Crippen LogP contribution in [-0.4, -0.2) is 71.9 Å². The van der Waals surface area contributed by atoms with Crippen molar-refractivity contribution in [1.82, 2.24) is 14.9 Å². The van der Waals surface area contributed by atoms with Gasteiger partial charge in [0, 0.05) is 42.4 Å². The first-order chi connectivity index (χ1) is 17.0. The number of carbonyl (C=O) groups is 2. The smallest absolute Gasteiger partial charge is 0.410 e. The summed E-state index contributed by atoms with van der Waals surface area (Å²) in [7, 11) is 3.19. The standard InChI is InChI=1S/C26H35N5O5/c1-16-13-30(25(33)36-26(3,4)5)17(2)12-29(16)23-20-11-22(32)31(24(20)28-15-27-23)14-18-8-9-19(34-6)10-21(18)35-7/h8-10,15-17H,11-14H2,1-7H3/t16-,17+/m0/s1. The summed E-state index contributed by atoms with van der Waals surface area (Å²) in [5, 5.41) is 0. The maximum atomic E-state index is 13.1. The van der Waals surface area contributed by atoms with Crippen LogP contribution < -0.4 is 19.3 Å². The third-order valence-electron chi connectivity index (χ3n) is 6.49. The Bertz CT molecular complexity index is 1150. The second kappa shape index (κ2) is 9.83. The van der Waals surface area contributed by atoms with Crippen molar-refractivity contribution in [3.63, 3.8) is 0 Å². The quantitative estimate of drug-likeness (QED) is 0.620. The first-order valence-electron chi connectivity index (χ1n) is 12.1. The molecule has 1 saturated heterocycles. The van der Waals surface area contributed by atoms with Crippen molar-refractivity contribution in [1.29, 1.82) is 0 Å². The second-order valence-electron chi connectivity index (χ2n) is 10.3. The van der Waals surface area contributed by atoms with Crippen LogP contribution in [0.15, 0.2) is 24.5 Å². The Labute approximate surface area is 212 Å². The highest BCUT2D eigenvalue weighted by atomic mass is 16.6. The number of fused-ring (bicyclic) bond motifs is 1. The molecule has 2 aliphatic rings. The molecule has 3 heterocycles. The number of ether oxygens (including phenoxy) is 3. The summed E-state index contributed by atoms with van der Waals surface area (Å²) in [4.78, 5) is 40.5. The Kier molecular flexibility index (Phi) is 6.97. The number of hydrogen-bond acceptors (Lipinski definition) is 8. The minimum Gasteiger partial charge on any atom is -0.497 e. The third-order valence-corrected chi connectivity index (χ3v) is 6.49. The number of aromatic nitrogens is 2. The van der Waals surface area contributed by atoms with Crippen LogP contribution in [0, 0.1) is 0 Å². The van der Waals surface area contributed by atoms with E-state index in [-0.39, 0.29) is 30.5 Å². The summed E-state index contributed by atoms with van der Waals surface area (Å²) in [5.41, 5.74) is 1.11. The lowest BCUT2D eigenvalue weighted by atomic mass is 10.1. The zero-order valence-corrected chi connectivity index (χ0v) is 22.1. The van der Waals surface area contributed by atoms with E-state index in [0.29, 0.717) is 37.0 Å². The predicted octanol–water partition coefficient (Wildman–Crippen LogP) is 3.42. The van der Waals surface area contributed by atoms with Gasteiger partial charge in [-0.3, -0.25) is 9.69 Å². The first kappa shape index (κ1) is 25.5. The van der Waals surface area contributed by atoms with Crippen molar-refractivity contribution in [2.24, 2.45) is 0 Å². The monoisotopic (exact) mass is 497 g/mol. The van der Waals surface area contributed by atoms with Crippen LogP contribution in [0.4, 0.5) is 16.4 Å². The molecule has 10 nitrogen and oxygen atoms in total. The molecule has 2 aromatic rings. The van der Waals surface area contributed by atoms with Gasteiger partial charge in [-0.05, 0) is 46.8 Å². The normalized spacial score (nSPS) is 19.9. The van der Waals surface area contributed by atoms with E-state index in [0.717, 1.165) is 16.9 Å². The van der Waals surface area contributed by atoms with E-state index < -0.39 is 5.60 Å². The number of carbonyl (C=O) groups excluding carboxylic acids is 2. The fourth-order valence-electron chi connectivity index (χ4n) is 4.71. The Morgan fingerprint density at radius 1 is 1.06 bits per heavy atom. The number of nitrogens with zero attached hydrogens (tertiary/aromatic N) is 5. The summed E-state index contributed by atoms with van der Waals surface area (Å²) in [6.45, 7) is 11.0. The number of benzene rings is 1. The zero-order chi connectivity index (χ0) is 26.2. The van der Waals surface area contributed by atoms with E-state index >= 15 is 0 Å². The molecule has 0 radical (unpaired) electrons. The molecule has 1 aromatic carbocycles. The fourth-order valence-corrected chi connectivity index (χ4v) is 4.71. The molecule has 0 aliphatic carbocycles. The lowest BCUT2D eigenvalue weighted by Gasteiger charge is -2.45. The molecule has 10 heteroatoms. The van der Waals surface area contributed by atoms with Gasteiger partial charge in [-0.15, -0.1) is 0 Å². The summed E-state index contributed by atoms with van der Waals surface area (Å²) in [5.74, 6) is 2.63. The molecular formula is C26H35N5O5. The number of piperazine rings is 1. The topological polar surface area (TPSA) is 97.3 Å². The van der Waals surface area contributed by atoms with Gasteiger partial charge >= 0.3 is 6.09 Å². The average Bonchev–Trinajstić information content (AvgIpc) is 3.14. The number of rotatable bonds is 5. The maximum Gasteiger partial charge on any atom is 0.410 e. The lowest BCUT2D eigenvalue weighted by molar-refractivity contribution is -0.117. The van der Waals surface area contributed by atoms with Crippen LogP contribution in [0.5, 0.6) is 11.5 Å². The van der Waals surface area contributed by atoms with Gasteiger partial charge in [0.15, 0.2) is 0 Å². The molecule has 0 N–H and O–H groups in total. The van der Waals surface area contributed by atoms with Crippen molar-refractivity contribution in [3.05, 3.63) is 35.7 Å². The molecule has 0 unspecified atom stereocenters. The van der Waals surface area contributed by atoms with Crippen LogP contribution in [-0.2, 0) is 22.5 Å². The Hall–Kier alpha value is -3.56. The number of amides is 2. The van der Waals surface area contributed by atoms with Crippen LogP contribution >= 0.6 is 0 Å². The van der Waals surface area contributed by atoms with Crippen molar-refractivity contribution in [3.8, 4) is 11.5 Å². The van der Waals surface area contributed by atoms with Gasteiger partial charge in [0.05, 0.1) is 27.2 Å². The van der Waals surface area contributed by atoms with E-state index in [9.17, 15) is 9.59 Å². The first-order valence-corrected chi connectivity index (χ1v) is 12.1. The molecule has 2 aliphatic heterocycles. The Morgan fingerprint density at radius 2 is 1.78 bits per heavy atom. The van der Waals surface area contributed by atoms with Gasteiger partial charge in [0.25, 0.3) is 0 Å². The summed E-state index contributed by atoms with van der Waals surface area (Å²) in [6, 6.07) is 5.44. The molecule has 0 saturated carbocycles. The average molecular weight is 498 g/mol. The van der Waals surface area contributed by atoms with Crippen molar-refractivity contribution < 1.29 is 23.8 Å². The highest BCUT2D eigenvalue weighted by Gasteiger charge is 2.39. The van der Waals surface area contributed by atoms with Crippen molar-refractivity contribution in [2.75, 3.05) is 37.1 Å². The highest BCUT2D eigenvalue weighted by Crippen LogP contribution is 2.37. The van der Waals surface area contributed by atoms with E-state index in [1.54, 1.807) is 30.1 Å². The van der Waals surface area contributed by atoms with E-state index in [4.69, 9.17) is 14.2 Å². The van der Waals surface area contributed by atoms with E-state index in [1.807, 2.05) is 39.8 Å². The minimum atomic E-state index is -0.555. The minimum absolute atomic E-state index is 0.0152. The summed E-state index contributed by atoms with van der Waals surface area (Å²) in [6.07, 6.45) is 1.41. The molecule has 1 fully saturated rings. The van der Waals surface area contributed by atoms with Gasteiger partial charge in [-0.2, -0.15) is 0 Å². The molecule has 2 atom stereocenters. The second-order valence-corrected chi connectivity index (χ2v) is 10.3. The number of methoxy groups -OCH3 is 2. The van der Waals surface area contributed by atoms with Crippen LogP contribution in [0.3, 0.4) is 0 Å².